The van der Waals surface area contributed by atoms with E-state index in [1.165, 1.54) is 23.2 Å². The summed E-state index contributed by atoms with van der Waals surface area (Å²) >= 11 is 0. The Labute approximate surface area is 236 Å². The molecule has 2 rings (SSSR count). The van der Waals surface area contributed by atoms with Gasteiger partial charge in [-0.15, -0.1) is 0 Å². The largest absolute Gasteiger partial charge is 0.390 e. The number of amides is 4. The van der Waals surface area contributed by atoms with Crippen LogP contribution in [0.4, 0.5) is 0 Å². The monoisotopic (exact) mass is 553 g/mol. The molecule has 0 heterocycles. The maximum atomic E-state index is 13.5. The van der Waals surface area contributed by atoms with E-state index in [4.69, 9.17) is 5.73 Å². The number of aliphatic hydroxyl groups excluding tert-OH is 1. The van der Waals surface area contributed by atoms with Gasteiger partial charge in [0, 0.05) is 49.3 Å². The number of primary amides is 1. The van der Waals surface area contributed by atoms with Crippen molar-refractivity contribution in [3.8, 4) is 0 Å². The normalized spacial score (nSPS) is 12.6. The molecule has 4 amide bonds. The number of hydrogen-bond acceptors (Lipinski definition) is 6. The summed E-state index contributed by atoms with van der Waals surface area (Å²) in [4.78, 5) is 52.6. The minimum atomic E-state index is -1.06. The van der Waals surface area contributed by atoms with Gasteiger partial charge in [-0.25, -0.2) is 5.01 Å². The van der Waals surface area contributed by atoms with Crippen molar-refractivity contribution in [1.82, 2.24) is 20.7 Å². The lowest BCUT2D eigenvalue weighted by Crippen LogP contribution is -2.52. The highest BCUT2D eigenvalue weighted by Gasteiger charge is 2.26. The van der Waals surface area contributed by atoms with Gasteiger partial charge in [0.25, 0.3) is 11.8 Å². The molecule has 0 bridgehead atoms. The number of benzene rings is 2. The topological polar surface area (TPSA) is 145 Å². The van der Waals surface area contributed by atoms with Crippen LogP contribution in [0.1, 0.15) is 77.2 Å². The summed E-state index contributed by atoms with van der Waals surface area (Å²) in [6.45, 7) is 8.60. The molecule has 2 aromatic rings. The van der Waals surface area contributed by atoms with Gasteiger partial charge in [0.05, 0.1) is 12.1 Å². The van der Waals surface area contributed by atoms with Gasteiger partial charge >= 0.3 is 0 Å². The molecule has 0 spiro atoms. The molecule has 0 aliphatic heterocycles. The lowest BCUT2D eigenvalue weighted by atomic mass is 9.99. The fourth-order valence-electron chi connectivity index (χ4n) is 4.24. The molecule has 218 valence electrons. The van der Waals surface area contributed by atoms with Gasteiger partial charge in [-0.1, -0.05) is 58.0 Å². The van der Waals surface area contributed by atoms with Crippen LogP contribution < -0.4 is 16.5 Å². The van der Waals surface area contributed by atoms with Gasteiger partial charge in [0.15, 0.2) is 0 Å². The van der Waals surface area contributed by atoms with Crippen LogP contribution in [0, 0.1) is 5.92 Å². The number of carbonyl (C=O) groups excluding carboxylic acids is 4. The summed E-state index contributed by atoms with van der Waals surface area (Å²) in [7, 11) is 1.64. The fourth-order valence-corrected chi connectivity index (χ4v) is 4.24. The van der Waals surface area contributed by atoms with Crippen LogP contribution in [0.2, 0.25) is 0 Å². The number of rotatable bonds is 15. The molecule has 0 aliphatic rings. The van der Waals surface area contributed by atoms with Crippen LogP contribution >= 0.6 is 0 Å². The van der Waals surface area contributed by atoms with Gasteiger partial charge < -0.3 is 21.1 Å². The summed E-state index contributed by atoms with van der Waals surface area (Å²) < 4.78 is 0. The van der Waals surface area contributed by atoms with Crippen molar-refractivity contribution in [3.05, 3.63) is 70.8 Å². The van der Waals surface area contributed by atoms with Gasteiger partial charge in [0.2, 0.25) is 11.8 Å². The second-order valence-corrected chi connectivity index (χ2v) is 10.3. The highest BCUT2D eigenvalue weighted by atomic mass is 16.3. The van der Waals surface area contributed by atoms with E-state index in [2.05, 4.69) is 10.7 Å². The van der Waals surface area contributed by atoms with E-state index in [0.29, 0.717) is 19.5 Å². The van der Waals surface area contributed by atoms with Crippen LogP contribution in [0.15, 0.2) is 48.5 Å². The van der Waals surface area contributed by atoms with E-state index in [1.54, 1.807) is 25.8 Å². The first-order valence-electron chi connectivity index (χ1n) is 13.7. The van der Waals surface area contributed by atoms with Gasteiger partial charge in [-0.2, -0.15) is 0 Å². The van der Waals surface area contributed by atoms with E-state index < -0.39 is 24.0 Å². The molecule has 2 atom stereocenters. The Morgan fingerprint density at radius 1 is 0.925 bits per heavy atom. The van der Waals surface area contributed by atoms with E-state index in [-0.39, 0.29) is 41.0 Å². The Balaban J connectivity index is 2.36. The van der Waals surface area contributed by atoms with Crippen LogP contribution in [0.5, 0.6) is 0 Å². The first-order chi connectivity index (χ1) is 19.0. The minimum Gasteiger partial charge on any atom is -0.390 e. The van der Waals surface area contributed by atoms with Crippen molar-refractivity contribution >= 4 is 23.6 Å². The van der Waals surface area contributed by atoms with Crippen molar-refractivity contribution < 1.29 is 24.3 Å². The van der Waals surface area contributed by atoms with Gasteiger partial charge in [-0.05, 0) is 43.0 Å². The average Bonchev–Trinajstić information content (AvgIpc) is 2.92. The van der Waals surface area contributed by atoms with Crippen molar-refractivity contribution in [2.75, 3.05) is 26.7 Å². The highest BCUT2D eigenvalue weighted by molar-refractivity contribution is 6.04. The Morgan fingerprint density at radius 3 is 2.05 bits per heavy atom. The quantitative estimate of drug-likeness (QED) is 0.249. The first kappa shape index (κ1) is 32.5. The second kappa shape index (κ2) is 15.7. The molecule has 5 N–H and O–H groups in total. The number of nitrogens with zero attached hydrogens (tertiary/aromatic N) is 2. The predicted octanol–water partition coefficient (Wildman–Crippen LogP) is 2.37. The molecule has 10 heteroatoms. The summed E-state index contributed by atoms with van der Waals surface area (Å²) in [5.74, 6) is -2.05. The van der Waals surface area contributed by atoms with Gasteiger partial charge in [-0.3, -0.25) is 24.6 Å². The van der Waals surface area contributed by atoms with E-state index >= 15 is 0 Å². The van der Waals surface area contributed by atoms with Crippen molar-refractivity contribution in [3.63, 3.8) is 0 Å². The zero-order chi connectivity index (χ0) is 29.8. The maximum absolute atomic E-state index is 13.5. The zero-order valence-corrected chi connectivity index (χ0v) is 24.1. The Bertz CT molecular complexity index is 1150. The molecule has 0 fully saturated rings. The van der Waals surface area contributed by atoms with Crippen LogP contribution in [0.3, 0.4) is 0 Å². The Hall–Kier alpha value is -3.76. The van der Waals surface area contributed by atoms with E-state index in [9.17, 15) is 24.3 Å². The molecule has 2 unspecified atom stereocenters. The third kappa shape index (κ3) is 9.77. The molecule has 40 heavy (non-hydrogen) atoms. The third-order valence-corrected chi connectivity index (χ3v) is 6.37. The number of hydrogen-bond donors (Lipinski definition) is 4. The zero-order valence-electron chi connectivity index (χ0n) is 24.1. The van der Waals surface area contributed by atoms with Crippen LogP contribution in [0.25, 0.3) is 0 Å². The molecular weight excluding hydrogens is 510 g/mol. The first-order valence-corrected chi connectivity index (χ1v) is 13.7. The second-order valence-electron chi connectivity index (χ2n) is 10.3. The molecule has 0 saturated heterocycles. The molecule has 0 aromatic heterocycles. The van der Waals surface area contributed by atoms with E-state index in [1.807, 2.05) is 44.2 Å². The summed E-state index contributed by atoms with van der Waals surface area (Å²) in [5, 5.41) is 15.5. The smallest absolute Gasteiger partial charge is 0.253 e. The van der Waals surface area contributed by atoms with Crippen molar-refractivity contribution in [1.29, 1.82) is 0 Å². The van der Waals surface area contributed by atoms with Crippen molar-refractivity contribution in [2.24, 2.45) is 11.7 Å². The number of nitrogens with two attached hydrogens (primary N) is 1. The summed E-state index contributed by atoms with van der Waals surface area (Å²) in [6.07, 6.45) is 0.771. The van der Waals surface area contributed by atoms with Crippen LogP contribution in [-0.4, -0.2) is 77.5 Å². The summed E-state index contributed by atoms with van der Waals surface area (Å²) in [5.41, 5.74) is 9.46. The molecule has 0 aliphatic carbocycles. The number of carbonyl (C=O) groups is 4. The lowest BCUT2D eigenvalue weighted by molar-refractivity contribution is -0.129. The molecule has 2 aromatic carbocycles. The third-order valence-electron chi connectivity index (χ3n) is 6.37. The number of aliphatic hydroxyl groups is 1. The van der Waals surface area contributed by atoms with Gasteiger partial charge in [0.1, 0.15) is 0 Å². The molecule has 10 nitrogen and oxygen atoms in total. The van der Waals surface area contributed by atoms with E-state index in [0.717, 1.165) is 18.4 Å². The molecule has 0 radical (unpaired) electrons. The number of hydrazine groups is 1. The maximum Gasteiger partial charge on any atom is 0.253 e. The lowest BCUT2D eigenvalue weighted by Gasteiger charge is -2.29. The average molecular weight is 554 g/mol. The summed E-state index contributed by atoms with van der Waals surface area (Å²) in [6, 6.07) is 12.8. The highest BCUT2D eigenvalue weighted by Crippen LogP contribution is 2.16. The SMILES string of the molecule is CCCN(CCC)C(=O)c1cc(C(N)=O)cc(C(=O)NC(Cc2ccccc2)C(O)CN(C)NC(=O)C(C)C)c1. The fraction of sp³-hybridized carbons (Fsp3) is 0.467. The molecule has 0 saturated carbocycles. The standard InChI is InChI=1S/C30H43N5O5/c1-6-13-35(14-7-2)30(40)24-17-22(27(31)37)16-23(18-24)29(39)32-25(15-21-11-9-8-10-12-21)26(36)19-34(5)33-28(38)20(3)4/h8-12,16-18,20,25-26,36H,6-7,13-15,19H2,1-5H3,(H2,31,37)(H,32,39)(H,33,38). The number of likely N-dealkylation sites (N-methyl/N-ethyl adjacent to an activating group) is 1. The van der Waals surface area contributed by atoms with Crippen LogP contribution in [-0.2, 0) is 11.2 Å². The van der Waals surface area contributed by atoms with Crippen molar-refractivity contribution in [2.45, 2.75) is 59.1 Å². The number of nitrogens with one attached hydrogen (secondary N) is 2. The Kier molecular flexibility index (Phi) is 12.8. The molecular formula is C30H43N5O5. The Morgan fingerprint density at radius 2 is 1.50 bits per heavy atom. The minimum absolute atomic E-state index is 0.0419. The predicted molar refractivity (Wildman–Crippen MR) is 154 cm³/mol.